The van der Waals surface area contributed by atoms with Gasteiger partial charge in [0.25, 0.3) is 0 Å². The van der Waals surface area contributed by atoms with Crippen molar-refractivity contribution >= 4 is 73.9 Å². The maximum absolute atomic E-state index is 13.4. The maximum atomic E-state index is 13.4. The highest BCUT2D eigenvalue weighted by Crippen LogP contribution is 2.31. The van der Waals surface area contributed by atoms with Crippen LogP contribution >= 0.6 is 46.4 Å². The summed E-state index contributed by atoms with van der Waals surface area (Å²) in [6, 6.07) is 8.80. The number of nitrogens with zero attached hydrogens (tertiary/aromatic N) is 2. The third-order valence-corrected chi connectivity index (χ3v) is 7.90. The Balaban J connectivity index is 2.29. The van der Waals surface area contributed by atoms with E-state index in [0.717, 1.165) is 10.6 Å². The molecule has 0 aromatic heterocycles. The van der Waals surface area contributed by atoms with Gasteiger partial charge in [0.2, 0.25) is 21.8 Å². The Bertz CT molecular complexity index is 1170. The lowest BCUT2D eigenvalue weighted by atomic mass is 10.1. The molecule has 0 bridgehead atoms. The highest BCUT2D eigenvalue weighted by Gasteiger charge is 2.30. The molecule has 0 aliphatic rings. The van der Waals surface area contributed by atoms with E-state index in [9.17, 15) is 18.0 Å². The first-order valence-corrected chi connectivity index (χ1v) is 14.7. The van der Waals surface area contributed by atoms with Crippen LogP contribution in [-0.4, -0.2) is 50.5 Å². The van der Waals surface area contributed by atoms with Crippen LogP contribution in [0.5, 0.6) is 0 Å². The number of halogens is 4. The van der Waals surface area contributed by atoms with Crippen molar-refractivity contribution in [2.75, 3.05) is 23.7 Å². The fourth-order valence-electron chi connectivity index (χ4n) is 3.72. The van der Waals surface area contributed by atoms with Crippen LogP contribution < -0.4 is 9.62 Å². The van der Waals surface area contributed by atoms with E-state index in [4.69, 9.17) is 46.4 Å². The van der Waals surface area contributed by atoms with Crippen molar-refractivity contribution in [1.29, 1.82) is 0 Å². The molecule has 2 aromatic carbocycles. The molecule has 2 amide bonds. The number of carbonyl (C=O) groups is 2. The van der Waals surface area contributed by atoms with E-state index in [-0.39, 0.29) is 48.5 Å². The zero-order valence-corrected chi connectivity index (χ0v) is 24.1. The zero-order valence-electron chi connectivity index (χ0n) is 20.2. The minimum absolute atomic E-state index is 0.0106. The number of hydrogen-bond donors (Lipinski definition) is 1. The molecular formula is C24H29Cl4N3O4S. The van der Waals surface area contributed by atoms with Gasteiger partial charge in [0, 0.05) is 46.7 Å². The van der Waals surface area contributed by atoms with Gasteiger partial charge >= 0.3 is 0 Å². The summed E-state index contributed by atoms with van der Waals surface area (Å²) >= 11 is 24.9. The molecule has 0 radical (unpaired) electrons. The summed E-state index contributed by atoms with van der Waals surface area (Å²) < 4.78 is 26.1. The number of amides is 2. The van der Waals surface area contributed by atoms with Crippen LogP contribution in [0, 0.1) is 0 Å². The van der Waals surface area contributed by atoms with Gasteiger partial charge in [-0.3, -0.25) is 13.9 Å². The Morgan fingerprint density at radius 1 is 1.00 bits per heavy atom. The fraction of sp³-hybridized carbons (Fsp3) is 0.417. The molecule has 0 unspecified atom stereocenters. The second-order valence-electron chi connectivity index (χ2n) is 8.07. The second-order valence-corrected chi connectivity index (χ2v) is 11.6. The Labute approximate surface area is 232 Å². The summed E-state index contributed by atoms with van der Waals surface area (Å²) in [6.45, 7) is 4.03. The molecule has 12 heteroatoms. The summed E-state index contributed by atoms with van der Waals surface area (Å²) in [4.78, 5) is 27.6. The number of anilines is 1. The summed E-state index contributed by atoms with van der Waals surface area (Å²) in [7, 11) is -3.71. The van der Waals surface area contributed by atoms with E-state index in [1.807, 2.05) is 0 Å². The molecule has 1 atom stereocenters. The van der Waals surface area contributed by atoms with Gasteiger partial charge in [-0.15, -0.1) is 0 Å². The lowest BCUT2D eigenvalue weighted by Crippen LogP contribution is -2.49. The van der Waals surface area contributed by atoms with Crippen LogP contribution in [0.3, 0.4) is 0 Å². The third kappa shape index (κ3) is 8.15. The number of sulfonamides is 1. The molecule has 0 aliphatic carbocycles. The molecule has 198 valence electrons. The first-order valence-electron chi connectivity index (χ1n) is 11.3. The van der Waals surface area contributed by atoms with Gasteiger partial charge in [0.05, 0.1) is 17.0 Å². The lowest BCUT2D eigenvalue weighted by Gasteiger charge is -2.31. The Morgan fingerprint density at radius 2 is 1.64 bits per heavy atom. The highest BCUT2D eigenvalue weighted by molar-refractivity contribution is 7.92. The van der Waals surface area contributed by atoms with E-state index >= 15 is 0 Å². The molecule has 1 N–H and O–H groups in total. The molecular weight excluding hydrogens is 568 g/mol. The van der Waals surface area contributed by atoms with Crippen molar-refractivity contribution < 1.29 is 18.0 Å². The van der Waals surface area contributed by atoms with Gasteiger partial charge in [-0.1, -0.05) is 59.4 Å². The molecule has 0 aliphatic heterocycles. The van der Waals surface area contributed by atoms with Crippen molar-refractivity contribution in [1.82, 2.24) is 10.2 Å². The number of nitrogens with one attached hydrogen (secondary N) is 1. The normalized spacial score (nSPS) is 12.2. The number of hydrogen-bond acceptors (Lipinski definition) is 4. The number of rotatable bonds is 12. The standard InChI is InChI=1S/C24H29Cl4N3O4S/c1-4-21(24(33)29-5-2)30(15-17-18(26)8-6-9-19(17)27)23(32)10-7-13-31(36(3,34)35)22-14-16(25)11-12-20(22)28/h6,8-9,11-12,14,21H,4-5,7,10,13,15H2,1-3H3,(H,29,33)/t21-/m0/s1. The van der Waals surface area contributed by atoms with Crippen LogP contribution in [-0.2, 0) is 26.2 Å². The summed E-state index contributed by atoms with van der Waals surface area (Å²) in [5.74, 6) is -0.630. The van der Waals surface area contributed by atoms with Crippen LogP contribution in [0.4, 0.5) is 5.69 Å². The van der Waals surface area contributed by atoms with Gasteiger partial charge in [-0.25, -0.2) is 8.42 Å². The van der Waals surface area contributed by atoms with Gasteiger partial charge in [-0.05, 0) is 50.1 Å². The highest BCUT2D eigenvalue weighted by atomic mass is 35.5. The lowest BCUT2D eigenvalue weighted by molar-refractivity contribution is -0.141. The van der Waals surface area contributed by atoms with Crippen molar-refractivity contribution in [2.45, 2.75) is 45.7 Å². The molecule has 0 heterocycles. The van der Waals surface area contributed by atoms with Gasteiger partial charge in [-0.2, -0.15) is 0 Å². The molecule has 36 heavy (non-hydrogen) atoms. The van der Waals surface area contributed by atoms with E-state index in [1.54, 1.807) is 38.1 Å². The molecule has 0 spiro atoms. The molecule has 0 saturated heterocycles. The quantitative estimate of drug-likeness (QED) is 0.336. The second kappa shape index (κ2) is 13.7. The molecule has 0 fully saturated rings. The first kappa shape index (κ1) is 30.5. The van der Waals surface area contributed by atoms with Gasteiger partial charge in [0.15, 0.2) is 0 Å². The first-order chi connectivity index (χ1) is 16.9. The summed E-state index contributed by atoms with van der Waals surface area (Å²) in [5.41, 5.74) is 0.757. The average Bonchev–Trinajstić information content (AvgIpc) is 2.79. The maximum Gasteiger partial charge on any atom is 0.242 e. The van der Waals surface area contributed by atoms with Crippen molar-refractivity contribution in [3.63, 3.8) is 0 Å². The van der Waals surface area contributed by atoms with Gasteiger partial charge in [0.1, 0.15) is 6.04 Å². The van der Waals surface area contributed by atoms with Crippen LogP contribution in [0.15, 0.2) is 36.4 Å². The van der Waals surface area contributed by atoms with Crippen LogP contribution in [0.2, 0.25) is 20.1 Å². The molecule has 0 saturated carbocycles. The fourth-order valence-corrected chi connectivity index (χ4v) is 5.65. The zero-order chi connectivity index (χ0) is 27.0. The molecule has 2 rings (SSSR count). The summed E-state index contributed by atoms with van der Waals surface area (Å²) in [5, 5.41) is 4.06. The smallest absolute Gasteiger partial charge is 0.242 e. The Kier molecular flexibility index (Phi) is 11.6. The van der Waals surface area contributed by atoms with Crippen LogP contribution in [0.1, 0.15) is 38.7 Å². The van der Waals surface area contributed by atoms with E-state index in [1.165, 1.54) is 17.0 Å². The predicted molar refractivity (Wildman–Crippen MR) is 148 cm³/mol. The number of benzene rings is 2. The topological polar surface area (TPSA) is 86.8 Å². The van der Waals surface area contributed by atoms with E-state index in [0.29, 0.717) is 33.6 Å². The molecule has 2 aromatic rings. The SMILES string of the molecule is CCNC(=O)[C@H](CC)N(Cc1c(Cl)cccc1Cl)C(=O)CCCN(c1cc(Cl)ccc1Cl)S(C)(=O)=O. The molecule has 7 nitrogen and oxygen atoms in total. The van der Waals surface area contributed by atoms with Crippen molar-refractivity contribution in [3.8, 4) is 0 Å². The minimum Gasteiger partial charge on any atom is -0.355 e. The predicted octanol–water partition coefficient (Wildman–Crippen LogP) is 5.79. The van der Waals surface area contributed by atoms with Gasteiger partial charge < -0.3 is 10.2 Å². The number of carbonyl (C=O) groups excluding carboxylic acids is 2. The monoisotopic (exact) mass is 595 g/mol. The number of likely N-dealkylation sites (N-methyl/N-ethyl adjacent to an activating group) is 1. The van der Waals surface area contributed by atoms with Crippen LogP contribution in [0.25, 0.3) is 0 Å². The largest absolute Gasteiger partial charge is 0.355 e. The Morgan fingerprint density at radius 3 is 2.19 bits per heavy atom. The summed E-state index contributed by atoms with van der Waals surface area (Å²) in [6.07, 6.45) is 1.57. The van der Waals surface area contributed by atoms with E-state index < -0.39 is 16.1 Å². The average molecular weight is 597 g/mol. The van der Waals surface area contributed by atoms with Crippen molar-refractivity contribution in [3.05, 3.63) is 62.1 Å². The van der Waals surface area contributed by atoms with Crippen molar-refractivity contribution in [2.24, 2.45) is 0 Å². The minimum atomic E-state index is -3.71. The third-order valence-electron chi connectivity index (χ3n) is 5.46. The van der Waals surface area contributed by atoms with E-state index in [2.05, 4.69) is 5.32 Å². The Hall–Kier alpha value is -1.71.